The molecule has 0 aliphatic rings. The summed E-state index contributed by atoms with van der Waals surface area (Å²) in [5, 5.41) is 10.7. The fraction of sp³-hybridized carbons (Fsp3) is 0.235. The van der Waals surface area contributed by atoms with Crippen LogP contribution in [0.1, 0.15) is 21.8 Å². The Bertz CT molecular complexity index is 802. The van der Waals surface area contributed by atoms with Gasteiger partial charge in [-0.1, -0.05) is 29.4 Å². The molecule has 0 aliphatic carbocycles. The first-order valence-electron chi connectivity index (χ1n) is 7.42. The van der Waals surface area contributed by atoms with Gasteiger partial charge in [0.25, 0.3) is 5.91 Å². The lowest BCUT2D eigenvalue weighted by atomic mass is 10.1. The molecule has 3 aromatic rings. The van der Waals surface area contributed by atoms with E-state index in [0.29, 0.717) is 18.0 Å². The van der Waals surface area contributed by atoms with E-state index in [-0.39, 0.29) is 5.91 Å². The number of hydrogen-bond donors (Lipinski definition) is 1. The van der Waals surface area contributed by atoms with Crippen molar-refractivity contribution < 1.29 is 9.32 Å². The second-order valence-corrected chi connectivity index (χ2v) is 5.37. The number of aryl methyl sites for hydroxylation is 2. The van der Waals surface area contributed by atoms with Crippen molar-refractivity contribution in [3.63, 3.8) is 0 Å². The number of hydrogen-bond acceptors (Lipinski definition) is 4. The highest BCUT2D eigenvalue weighted by atomic mass is 16.5. The summed E-state index contributed by atoms with van der Waals surface area (Å²) in [7, 11) is 1.92. The van der Waals surface area contributed by atoms with Crippen LogP contribution in [-0.2, 0) is 13.5 Å². The molecule has 0 bridgehead atoms. The van der Waals surface area contributed by atoms with Gasteiger partial charge in [0.05, 0.1) is 5.69 Å². The van der Waals surface area contributed by atoms with Crippen LogP contribution in [0.15, 0.2) is 47.1 Å². The molecule has 0 atom stereocenters. The molecule has 0 saturated heterocycles. The number of nitrogens with one attached hydrogen (secondary N) is 1. The molecular formula is C17H18N4O2. The van der Waals surface area contributed by atoms with E-state index >= 15 is 0 Å². The lowest BCUT2D eigenvalue weighted by molar-refractivity contribution is 0.0945. The average molecular weight is 310 g/mol. The first-order valence-corrected chi connectivity index (χ1v) is 7.42. The number of benzene rings is 1. The lowest BCUT2D eigenvalue weighted by Crippen LogP contribution is -2.25. The van der Waals surface area contributed by atoms with Gasteiger partial charge in [-0.3, -0.25) is 9.48 Å². The van der Waals surface area contributed by atoms with Crippen LogP contribution in [0.3, 0.4) is 0 Å². The van der Waals surface area contributed by atoms with E-state index in [2.05, 4.69) is 39.8 Å². The molecule has 0 radical (unpaired) electrons. The van der Waals surface area contributed by atoms with Gasteiger partial charge < -0.3 is 9.84 Å². The summed E-state index contributed by atoms with van der Waals surface area (Å²) in [5.41, 5.74) is 3.67. The molecule has 23 heavy (non-hydrogen) atoms. The average Bonchev–Trinajstić information content (AvgIpc) is 3.16. The zero-order chi connectivity index (χ0) is 16.2. The minimum Gasteiger partial charge on any atom is -0.361 e. The highest BCUT2D eigenvalue weighted by Gasteiger charge is 2.10. The van der Waals surface area contributed by atoms with Gasteiger partial charge in [-0.2, -0.15) is 5.10 Å². The van der Waals surface area contributed by atoms with E-state index in [9.17, 15) is 4.79 Å². The van der Waals surface area contributed by atoms with E-state index in [0.717, 1.165) is 23.2 Å². The second kappa shape index (κ2) is 6.48. The number of nitrogens with zero attached hydrogens (tertiary/aromatic N) is 3. The van der Waals surface area contributed by atoms with Crippen molar-refractivity contribution in [3.8, 4) is 11.3 Å². The van der Waals surface area contributed by atoms with Crippen molar-refractivity contribution in [1.29, 1.82) is 0 Å². The Morgan fingerprint density at radius 1 is 1.26 bits per heavy atom. The molecule has 1 aromatic carbocycles. The van der Waals surface area contributed by atoms with E-state index in [1.165, 1.54) is 0 Å². The highest BCUT2D eigenvalue weighted by molar-refractivity contribution is 5.92. The van der Waals surface area contributed by atoms with Gasteiger partial charge in [-0.15, -0.1) is 0 Å². The van der Waals surface area contributed by atoms with Gasteiger partial charge in [0.1, 0.15) is 5.76 Å². The summed E-state index contributed by atoms with van der Waals surface area (Å²) in [6, 6.07) is 11.9. The number of amides is 1. The third kappa shape index (κ3) is 3.48. The van der Waals surface area contributed by atoms with E-state index in [1.54, 1.807) is 19.2 Å². The quantitative estimate of drug-likeness (QED) is 0.785. The molecule has 1 N–H and O–H groups in total. The fourth-order valence-corrected chi connectivity index (χ4v) is 2.38. The Hall–Kier alpha value is -2.89. The summed E-state index contributed by atoms with van der Waals surface area (Å²) >= 11 is 0. The molecule has 0 unspecified atom stereocenters. The Morgan fingerprint density at radius 3 is 2.65 bits per heavy atom. The largest absolute Gasteiger partial charge is 0.361 e. The third-order valence-electron chi connectivity index (χ3n) is 3.63. The summed E-state index contributed by atoms with van der Waals surface area (Å²) in [5.74, 6) is 0.411. The molecular weight excluding hydrogens is 292 g/mol. The normalized spacial score (nSPS) is 10.7. The van der Waals surface area contributed by atoms with Crippen LogP contribution in [0.5, 0.6) is 0 Å². The second-order valence-electron chi connectivity index (χ2n) is 5.37. The Morgan fingerprint density at radius 2 is 2.04 bits per heavy atom. The molecule has 2 heterocycles. The molecule has 0 aliphatic heterocycles. The van der Waals surface area contributed by atoms with Crippen LogP contribution in [-0.4, -0.2) is 27.4 Å². The maximum Gasteiger partial charge on any atom is 0.273 e. The number of aromatic nitrogens is 3. The van der Waals surface area contributed by atoms with E-state index < -0.39 is 0 Å². The summed E-state index contributed by atoms with van der Waals surface area (Å²) in [6.45, 7) is 2.31. The van der Waals surface area contributed by atoms with Crippen LogP contribution < -0.4 is 5.32 Å². The maximum atomic E-state index is 11.9. The van der Waals surface area contributed by atoms with Crippen LogP contribution in [0.2, 0.25) is 0 Å². The molecule has 0 spiro atoms. The van der Waals surface area contributed by atoms with Crippen LogP contribution in [0.4, 0.5) is 0 Å². The number of carbonyl (C=O) groups is 1. The van der Waals surface area contributed by atoms with E-state index in [4.69, 9.17) is 4.52 Å². The smallest absolute Gasteiger partial charge is 0.273 e. The molecule has 6 heteroatoms. The van der Waals surface area contributed by atoms with Crippen LogP contribution in [0, 0.1) is 6.92 Å². The Kier molecular flexibility index (Phi) is 4.23. The van der Waals surface area contributed by atoms with Crippen LogP contribution in [0.25, 0.3) is 11.3 Å². The van der Waals surface area contributed by atoms with Gasteiger partial charge in [-0.05, 0) is 30.5 Å². The summed E-state index contributed by atoms with van der Waals surface area (Å²) < 4.78 is 6.73. The lowest BCUT2D eigenvalue weighted by Gasteiger charge is -2.06. The first-order chi connectivity index (χ1) is 11.1. The molecule has 0 saturated carbocycles. The minimum absolute atomic E-state index is 0.214. The van der Waals surface area contributed by atoms with Crippen molar-refractivity contribution in [2.45, 2.75) is 13.3 Å². The fourth-order valence-electron chi connectivity index (χ4n) is 2.38. The third-order valence-corrected chi connectivity index (χ3v) is 3.63. The van der Waals surface area contributed by atoms with Gasteiger partial charge in [0.2, 0.25) is 0 Å². The van der Waals surface area contributed by atoms with Crippen molar-refractivity contribution >= 4 is 5.91 Å². The predicted octanol–water partition coefficient (Wildman–Crippen LogP) is 2.36. The highest BCUT2D eigenvalue weighted by Crippen LogP contribution is 2.18. The molecule has 2 aromatic heterocycles. The molecule has 118 valence electrons. The first kappa shape index (κ1) is 15.0. The SMILES string of the molecule is Cc1cc(C(=O)NCCc2ccc(-c3ccnn3C)cc2)no1. The molecule has 3 rings (SSSR count). The number of rotatable bonds is 5. The zero-order valence-corrected chi connectivity index (χ0v) is 13.1. The van der Waals surface area contributed by atoms with Crippen molar-refractivity contribution in [2.24, 2.45) is 7.05 Å². The van der Waals surface area contributed by atoms with Gasteiger partial charge in [0.15, 0.2) is 5.69 Å². The number of carbonyl (C=O) groups excluding carboxylic acids is 1. The summed E-state index contributed by atoms with van der Waals surface area (Å²) in [6.07, 6.45) is 2.54. The van der Waals surface area contributed by atoms with Crippen LogP contribution >= 0.6 is 0 Å². The van der Waals surface area contributed by atoms with E-state index in [1.807, 2.05) is 17.8 Å². The molecule has 6 nitrogen and oxygen atoms in total. The predicted molar refractivity (Wildman–Crippen MR) is 85.9 cm³/mol. The topological polar surface area (TPSA) is 73.0 Å². The van der Waals surface area contributed by atoms with Gasteiger partial charge in [0, 0.05) is 25.9 Å². The van der Waals surface area contributed by atoms with Gasteiger partial charge in [-0.25, -0.2) is 0 Å². The van der Waals surface area contributed by atoms with Crippen molar-refractivity contribution in [2.75, 3.05) is 6.54 Å². The van der Waals surface area contributed by atoms with Crippen molar-refractivity contribution in [3.05, 3.63) is 59.6 Å². The zero-order valence-electron chi connectivity index (χ0n) is 13.1. The summed E-state index contributed by atoms with van der Waals surface area (Å²) in [4.78, 5) is 11.9. The van der Waals surface area contributed by atoms with Crippen molar-refractivity contribution in [1.82, 2.24) is 20.3 Å². The maximum absolute atomic E-state index is 11.9. The molecule has 1 amide bonds. The Labute approximate surface area is 134 Å². The van der Waals surface area contributed by atoms with Gasteiger partial charge >= 0.3 is 0 Å². The standard InChI is InChI=1S/C17H18N4O2/c1-12-11-15(20-23-12)17(22)18-9-7-13-3-5-14(6-4-13)16-8-10-19-21(16)2/h3-6,8,10-11H,7,9H2,1-2H3,(H,18,22). The molecule has 0 fully saturated rings. The Balaban J connectivity index is 1.55. The minimum atomic E-state index is -0.214. The monoisotopic (exact) mass is 310 g/mol.